The summed E-state index contributed by atoms with van der Waals surface area (Å²) in [4.78, 5) is 0. The molecule has 0 saturated heterocycles. The van der Waals surface area contributed by atoms with Gasteiger partial charge < -0.3 is 14.9 Å². The quantitative estimate of drug-likeness (QED) is 0.648. The highest BCUT2D eigenvalue weighted by Crippen LogP contribution is 2.37. The van der Waals surface area contributed by atoms with E-state index in [1.54, 1.807) is 0 Å². The molecule has 1 aliphatic rings. The van der Waals surface area contributed by atoms with Gasteiger partial charge in [-0.05, 0) is 51.2 Å². The Morgan fingerprint density at radius 3 is 2.79 bits per heavy atom. The fraction of sp³-hybridized carbons (Fsp3) is 0.500. The lowest BCUT2D eigenvalue weighted by atomic mass is 9.86. The van der Waals surface area contributed by atoms with Crippen molar-refractivity contribution in [1.29, 1.82) is 0 Å². The minimum atomic E-state index is -1.45. The van der Waals surface area contributed by atoms with Crippen LogP contribution >= 0.6 is 0 Å². The molecule has 2 N–H and O–H groups in total. The smallest absolute Gasteiger partial charge is 0.192 e. The van der Waals surface area contributed by atoms with Gasteiger partial charge in [0.1, 0.15) is 5.75 Å². The molecule has 19 heavy (non-hydrogen) atoms. The van der Waals surface area contributed by atoms with Crippen molar-refractivity contribution in [3.05, 3.63) is 41.5 Å². The zero-order chi connectivity index (χ0) is 13.9. The molecule has 0 fully saturated rings. The Morgan fingerprint density at radius 1 is 1.37 bits per heavy atom. The fourth-order valence-corrected chi connectivity index (χ4v) is 2.52. The van der Waals surface area contributed by atoms with Crippen LogP contribution in [0.4, 0.5) is 0 Å². The third-order valence-corrected chi connectivity index (χ3v) is 3.69. The number of rotatable bonds is 4. The first-order valence-electron chi connectivity index (χ1n) is 6.80. The van der Waals surface area contributed by atoms with Gasteiger partial charge in [-0.3, -0.25) is 0 Å². The van der Waals surface area contributed by atoms with E-state index in [-0.39, 0.29) is 0 Å². The number of benzene rings is 1. The largest absolute Gasteiger partial charge is 0.482 e. The summed E-state index contributed by atoms with van der Waals surface area (Å²) in [5.41, 5.74) is 1.50. The predicted octanol–water partition coefficient (Wildman–Crippen LogP) is 2.81. The number of aliphatic hydroxyl groups is 2. The van der Waals surface area contributed by atoms with E-state index >= 15 is 0 Å². The molecule has 0 saturated carbocycles. The molecule has 1 heterocycles. The summed E-state index contributed by atoms with van der Waals surface area (Å²) < 4.78 is 5.93. The van der Waals surface area contributed by atoms with Crippen molar-refractivity contribution in [2.45, 2.75) is 51.4 Å². The molecule has 0 amide bonds. The number of hydrogen-bond acceptors (Lipinski definition) is 3. The van der Waals surface area contributed by atoms with E-state index in [2.05, 4.69) is 6.08 Å². The molecule has 3 nitrogen and oxygen atoms in total. The zero-order valence-electron chi connectivity index (χ0n) is 11.6. The van der Waals surface area contributed by atoms with Crippen LogP contribution < -0.4 is 4.74 Å². The molecule has 1 aliphatic heterocycles. The Hall–Kier alpha value is -1.32. The van der Waals surface area contributed by atoms with Crippen molar-refractivity contribution >= 4 is 0 Å². The van der Waals surface area contributed by atoms with Gasteiger partial charge >= 0.3 is 0 Å². The number of allylic oxidation sites excluding steroid dienone is 2. The van der Waals surface area contributed by atoms with Gasteiger partial charge in [-0.1, -0.05) is 29.8 Å². The Bertz CT molecular complexity index is 461. The van der Waals surface area contributed by atoms with Crippen molar-refractivity contribution in [1.82, 2.24) is 0 Å². The maximum atomic E-state index is 9.73. The fourth-order valence-electron chi connectivity index (χ4n) is 2.52. The molecule has 0 aliphatic carbocycles. The summed E-state index contributed by atoms with van der Waals surface area (Å²) in [7, 11) is 0. The molecule has 0 bridgehead atoms. The van der Waals surface area contributed by atoms with Gasteiger partial charge in [0.05, 0.1) is 0 Å². The third kappa shape index (κ3) is 3.17. The summed E-state index contributed by atoms with van der Waals surface area (Å²) in [6, 6.07) is 7.81. The molecule has 1 aromatic rings. The highest BCUT2D eigenvalue weighted by molar-refractivity contribution is 5.36. The van der Waals surface area contributed by atoms with Crippen LogP contribution in [0.1, 0.15) is 38.7 Å². The monoisotopic (exact) mass is 262 g/mol. The Labute approximate surface area is 114 Å². The van der Waals surface area contributed by atoms with E-state index in [1.807, 2.05) is 38.1 Å². The molecular formula is C16H22O3. The van der Waals surface area contributed by atoms with Crippen LogP contribution in [0.25, 0.3) is 0 Å². The molecule has 1 unspecified atom stereocenters. The van der Waals surface area contributed by atoms with Gasteiger partial charge in [0.15, 0.2) is 11.9 Å². The van der Waals surface area contributed by atoms with Crippen LogP contribution in [-0.4, -0.2) is 22.1 Å². The number of fused-ring (bicyclic) bond motifs is 1. The minimum absolute atomic E-state index is 0.615. The first-order valence-corrected chi connectivity index (χ1v) is 6.80. The molecule has 0 spiro atoms. The molecule has 2 rings (SSSR count). The first-order chi connectivity index (χ1) is 9.03. The van der Waals surface area contributed by atoms with Crippen LogP contribution in [0.15, 0.2) is 35.9 Å². The highest BCUT2D eigenvalue weighted by atomic mass is 16.6. The summed E-state index contributed by atoms with van der Waals surface area (Å²) >= 11 is 0. The van der Waals surface area contributed by atoms with Gasteiger partial charge in [-0.2, -0.15) is 0 Å². The van der Waals surface area contributed by atoms with Gasteiger partial charge in [-0.25, -0.2) is 0 Å². The molecule has 1 atom stereocenters. The average Bonchev–Trinajstić information content (AvgIpc) is 2.38. The Balaban J connectivity index is 2.16. The van der Waals surface area contributed by atoms with Crippen molar-refractivity contribution < 1.29 is 14.9 Å². The number of ether oxygens (including phenoxy) is 1. The Morgan fingerprint density at radius 2 is 2.11 bits per heavy atom. The summed E-state index contributed by atoms with van der Waals surface area (Å²) in [5.74, 6) is 0.777. The molecule has 0 radical (unpaired) electrons. The molecular weight excluding hydrogens is 240 g/mol. The normalized spacial score (nSPS) is 21.7. The van der Waals surface area contributed by atoms with Gasteiger partial charge in [0.2, 0.25) is 0 Å². The third-order valence-electron chi connectivity index (χ3n) is 3.69. The first kappa shape index (κ1) is 14.1. The minimum Gasteiger partial charge on any atom is -0.482 e. The van der Waals surface area contributed by atoms with E-state index in [4.69, 9.17) is 4.74 Å². The second-order valence-corrected chi connectivity index (χ2v) is 5.47. The topological polar surface area (TPSA) is 49.7 Å². The van der Waals surface area contributed by atoms with Gasteiger partial charge in [0, 0.05) is 0 Å². The number of aryl methyl sites for hydroxylation is 1. The number of hydrogen-bond donors (Lipinski definition) is 2. The van der Waals surface area contributed by atoms with Crippen molar-refractivity contribution in [2.24, 2.45) is 0 Å². The molecule has 3 heteroatoms. The number of aliphatic hydroxyl groups excluding tert-OH is 1. The van der Waals surface area contributed by atoms with Crippen LogP contribution in [0.5, 0.6) is 5.75 Å². The second-order valence-electron chi connectivity index (χ2n) is 5.47. The SMILES string of the molecule is CC(C)=CCCC1(C(O)O)CCc2ccccc2O1. The van der Waals surface area contributed by atoms with E-state index in [0.717, 1.165) is 24.2 Å². The summed E-state index contributed by atoms with van der Waals surface area (Å²) in [6.45, 7) is 4.08. The van der Waals surface area contributed by atoms with Crippen LogP contribution in [0, 0.1) is 0 Å². The lowest BCUT2D eigenvalue weighted by Gasteiger charge is -2.39. The van der Waals surface area contributed by atoms with Gasteiger partial charge in [0.25, 0.3) is 0 Å². The molecule has 104 valence electrons. The zero-order valence-corrected chi connectivity index (χ0v) is 11.6. The Kier molecular flexibility index (Phi) is 4.27. The van der Waals surface area contributed by atoms with Gasteiger partial charge in [-0.15, -0.1) is 0 Å². The second kappa shape index (κ2) is 5.76. The van der Waals surface area contributed by atoms with E-state index < -0.39 is 11.9 Å². The van der Waals surface area contributed by atoms with Crippen LogP contribution in [0.3, 0.4) is 0 Å². The highest BCUT2D eigenvalue weighted by Gasteiger charge is 2.41. The summed E-state index contributed by atoms with van der Waals surface area (Å²) in [6.07, 6.45) is 3.52. The van der Waals surface area contributed by atoms with Crippen molar-refractivity contribution in [2.75, 3.05) is 0 Å². The van der Waals surface area contributed by atoms with Crippen LogP contribution in [0.2, 0.25) is 0 Å². The molecule has 1 aromatic carbocycles. The maximum absolute atomic E-state index is 9.73. The van der Waals surface area contributed by atoms with E-state index in [1.165, 1.54) is 5.57 Å². The van der Waals surface area contributed by atoms with Crippen LogP contribution in [-0.2, 0) is 6.42 Å². The lowest BCUT2D eigenvalue weighted by Crippen LogP contribution is -2.50. The average molecular weight is 262 g/mol. The van der Waals surface area contributed by atoms with E-state index in [0.29, 0.717) is 12.8 Å². The summed E-state index contributed by atoms with van der Waals surface area (Å²) in [5, 5.41) is 19.5. The standard InChI is InChI=1S/C16H22O3/c1-12(2)6-5-10-16(15(17)18)11-9-13-7-3-4-8-14(13)19-16/h3-4,6-8,15,17-18H,5,9-11H2,1-2H3. The lowest BCUT2D eigenvalue weighted by molar-refractivity contribution is -0.180. The predicted molar refractivity (Wildman–Crippen MR) is 75.0 cm³/mol. The van der Waals surface area contributed by atoms with E-state index in [9.17, 15) is 10.2 Å². The molecule has 0 aromatic heterocycles. The van der Waals surface area contributed by atoms with Crippen molar-refractivity contribution in [3.8, 4) is 5.75 Å². The maximum Gasteiger partial charge on any atom is 0.192 e. The van der Waals surface area contributed by atoms with Crippen molar-refractivity contribution in [3.63, 3.8) is 0 Å². The number of para-hydroxylation sites is 1.